The minimum absolute atomic E-state index is 0.790. The van der Waals surface area contributed by atoms with E-state index in [2.05, 4.69) is 21.1 Å². The largest absolute Gasteiger partial charge is 0.252 e. The van der Waals surface area contributed by atoms with Crippen LogP contribution in [0.1, 0.15) is 0 Å². The van der Waals surface area contributed by atoms with Crippen molar-refractivity contribution in [1.82, 2.24) is 10.9 Å². The van der Waals surface area contributed by atoms with E-state index in [1.165, 1.54) is 23.5 Å². The number of thioether (sulfide) groups is 2. The third-order valence-electron chi connectivity index (χ3n) is 0.893. The molecule has 0 unspecified atom stereocenters. The first-order valence-corrected chi connectivity index (χ1v) is 5.07. The van der Waals surface area contributed by atoms with Crippen molar-refractivity contribution in [3.05, 3.63) is 0 Å². The van der Waals surface area contributed by atoms with Crippen LogP contribution in [0.4, 0.5) is 0 Å². The molecule has 0 radical (unpaired) electrons. The van der Waals surface area contributed by atoms with E-state index in [0.717, 1.165) is 10.3 Å². The average Bonchev–Trinajstić information content (AvgIpc) is 2.05. The summed E-state index contributed by atoms with van der Waals surface area (Å²) in [5.74, 6) is 0. The summed E-state index contributed by atoms with van der Waals surface area (Å²) in [7, 11) is 0. The molecule has 2 N–H and O–H groups in total. The van der Waals surface area contributed by atoms with E-state index in [0.29, 0.717) is 0 Å². The van der Waals surface area contributed by atoms with Gasteiger partial charge >= 0.3 is 0 Å². The molecule has 1 aliphatic rings. The fourth-order valence-corrected chi connectivity index (χ4v) is 0.977. The lowest BCUT2D eigenvalue weighted by Crippen LogP contribution is -2.29. The van der Waals surface area contributed by atoms with Crippen LogP contribution in [0.15, 0.2) is 10.2 Å². The Morgan fingerprint density at radius 2 is 1.40 bits per heavy atom. The molecule has 0 saturated heterocycles. The predicted molar refractivity (Wildman–Crippen MR) is 48.2 cm³/mol. The number of hydrogen-bond acceptors (Lipinski definition) is 6. The lowest BCUT2D eigenvalue weighted by Gasteiger charge is -2.10. The first-order chi connectivity index (χ1) is 4.86. The topological polar surface area (TPSA) is 48.8 Å². The van der Waals surface area contributed by atoms with E-state index < -0.39 is 0 Å². The van der Waals surface area contributed by atoms with Crippen LogP contribution in [0.2, 0.25) is 0 Å². The lowest BCUT2D eigenvalue weighted by atomic mass is 11.2. The molecule has 4 nitrogen and oxygen atoms in total. The average molecular weight is 176 g/mol. The summed E-state index contributed by atoms with van der Waals surface area (Å²) < 4.78 is 0. The van der Waals surface area contributed by atoms with Crippen molar-refractivity contribution < 1.29 is 0 Å². The SMILES string of the molecule is CSC1=NNC(SC)=NN1. The van der Waals surface area contributed by atoms with Crippen LogP contribution in [-0.2, 0) is 0 Å². The summed E-state index contributed by atoms with van der Waals surface area (Å²) in [6.45, 7) is 0. The van der Waals surface area contributed by atoms with E-state index in [1.807, 2.05) is 12.5 Å². The van der Waals surface area contributed by atoms with Gasteiger partial charge in [-0.3, -0.25) is 10.9 Å². The maximum absolute atomic E-state index is 3.97. The molecule has 1 rings (SSSR count). The van der Waals surface area contributed by atoms with Gasteiger partial charge in [-0.2, -0.15) is 0 Å². The van der Waals surface area contributed by atoms with Gasteiger partial charge in [0.2, 0.25) is 10.3 Å². The van der Waals surface area contributed by atoms with E-state index >= 15 is 0 Å². The van der Waals surface area contributed by atoms with Crippen LogP contribution < -0.4 is 10.9 Å². The molecule has 56 valence electrons. The zero-order valence-corrected chi connectivity index (χ0v) is 7.34. The van der Waals surface area contributed by atoms with Crippen LogP contribution >= 0.6 is 23.5 Å². The Labute approximate surface area is 67.9 Å². The van der Waals surface area contributed by atoms with Crippen LogP contribution in [0.5, 0.6) is 0 Å². The van der Waals surface area contributed by atoms with Gasteiger partial charge in [0.1, 0.15) is 0 Å². The second-order valence-electron chi connectivity index (χ2n) is 1.47. The number of hydrogen-bond donors (Lipinski definition) is 2. The first kappa shape index (κ1) is 7.74. The van der Waals surface area contributed by atoms with Gasteiger partial charge in [-0.05, 0) is 12.5 Å². The maximum Gasteiger partial charge on any atom is 0.200 e. The monoisotopic (exact) mass is 176 g/mol. The normalized spacial score (nSPS) is 16.6. The van der Waals surface area contributed by atoms with Crippen molar-refractivity contribution in [3.8, 4) is 0 Å². The summed E-state index contributed by atoms with van der Waals surface area (Å²) in [4.78, 5) is 0. The number of nitrogens with zero attached hydrogens (tertiary/aromatic N) is 2. The standard InChI is InChI=1S/C4H8N4S2/c1-9-3-5-7-4(10-2)8-6-3/h1-2H3,(H,5,6)(H,7,8). The second kappa shape index (κ2) is 3.72. The Kier molecular flexibility index (Phi) is 2.88. The van der Waals surface area contributed by atoms with Crippen molar-refractivity contribution in [2.45, 2.75) is 0 Å². The molecule has 0 fully saturated rings. The molecule has 0 aliphatic carbocycles. The second-order valence-corrected chi connectivity index (χ2v) is 3.06. The Bertz CT molecular complexity index is 156. The van der Waals surface area contributed by atoms with Crippen molar-refractivity contribution in [1.29, 1.82) is 0 Å². The fraction of sp³-hybridized carbons (Fsp3) is 0.500. The highest BCUT2D eigenvalue weighted by Gasteiger charge is 2.03. The minimum atomic E-state index is 0.790. The van der Waals surface area contributed by atoms with E-state index in [4.69, 9.17) is 0 Å². The molecule has 0 amide bonds. The summed E-state index contributed by atoms with van der Waals surface area (Å²) in [5.41, 5.74) is 5.57. The molecule has 10 heavy (non-hydrogen) atoms. The number of hydrazone groups is 2. The molecule has 0 aromatic rings. The molecule has 0 aromatic heterocycles. The molecule has 0 spiro atoms. The molecule has 0 atom stereocenters. The summed E-state index contributed by atoms with van der Waals surface area (Å²) in [6, 6.07) is 0. The molecule has 0 bridgehead atoms. The van der Waals surface area contributed by atoms with Crippen molar-refractivity contribution >= 4 is 33.9 Å². The van der Waals surface area contributed by atoms with Gasteiger partial charge in [-0.1, -0.05) is 23.5 Å². The van der Waals surface area contributed by atoms with Crippen LogP contribution in [0.25, 0.3) is 0 Å². The van der Waals surface area contributed by atoms with Crippen LogP contribution in [-0.4, -0.2) is 22.8 Å². The summed E-state index contributed by atoms with van der Waals surface area (Å²) in [6.07, 6.45) is 3.88. The van der Waals surface area contributed by atoms with Crippen molar-refractivity contribution in [3.63, 3.8) is 0 Å². The quantitative estimate of drug-likeness (QED) is 0.562. The van der Waals surface area contributed by atoms with Gasteiger partial charge in [0.05, 0.1) is 0 Å². The Morgan fingerprint density at radius 1 is 1.00 bits per heavy atom. The van der Waals surface area contributed by atoms with Gasteiger partial charge in [0, 0.05) is 0 Å². The highest BCUT2D eigenvalue weighted by Crippen LogP contribution is 2.01. The number of nitrogens with one attached hydrogen (secondary N) is 2. The molecular weight excluding hydrogens is 168 g/mol. The summed E-state index contributed by atoms with van der Waals surface area (Å²) in [5, 5.41) is 9.51. The molecule has 0 saturated carbocycles. The zero-order chi connectivity index (χ0) is 7.40. The van der Waals surface area contributed by atoms with Gasteiger partial charge in [-0.15, -0.1) is 10.2 Å². The number of amidine groups is 2. The molecule has 1 aliphatic heterocycles. The van der Waals surface area contributed by atoms with Crippen LogP contribution in [0, 0.1) is 0 Å². The molecule has 6 heteroatoms. The fourth-order valence-electron chi connectivity index (χ4n) is 0.430. The van der Waals surface area contributed by atoms with Crippen LogP contribution in [0.3, 0.4) is 0 Å². The van der Waals surface area contributed by atoms with Gasteiger partial charge in [0.15, 0.2) is 0 Å². The van der Waals surface area contributed by atoms with Crippen molar-refractivity contribution in [2.24, 2.45) is 10.2 Å². The van der Waals surface area contributed by atoms with E-state index in [-0.39, 0.29) is 0 Å². The zero-order valence-electron chi connectivity index (χ0n) is 5.71. The first-order valence-electron chi connectivity index (χ1n) is 2.62. The summed E-state index contributed by atoms with van der Waals surface area (Å²) >= 11 is 3.04. The van der Waals surface area contributed by atoms with E-state index in [1.54, 1.807) is 0 Å². The Balaban J connectivity index is 2.45. The maximum atomic E-state index is 3.97. The molecule has 1 heterocycles. The van der Waals surface area contributed by atoms with E-state index in [9.17, 15) is 0 Å². The highest BCUT2D eigenvalue weighted by molar-refractivity contribution is 8.13. The predicted octanol–water partition coefficient (Wildman–Crippen LogP) is 0.447. The smallest absolute Gasteiger partial charge is 0.200 e. The van der Waals surface area contributed by atoms with Gasteiger partial charge in [0.25, 0.3) is 0 Å². The highest BCUT2D eigenvalue weighted by atomic mass is 32.2. The number of rotatable bonds is 0. The molecular formula is C4H8N4S2. The Morgan fingerprint density at radius 3 is 1.60 bits per heavy atom. The third kappa shape index (κ3) is 1.81. The third-order valence-corrected chi connectivity index (χ3v) is 2.03. The Hall–Kier alpha value is -0.360. The minimum Gasteiger partial charge on any atom is -0.252 e. The lowest BCUT2D eigenvalue weighted by molar-refractivity contribution is 0.915. The van der Waals surface area contributed by atoms with Gasteiger partial charge < -0.3 is 0 Å². The van der Waals surface area contributed by atoms with Crippen molar-refractivity contribution in [2.75, 3.05) is 12.5 Å². The van der Waals surface area contributed by atoms with Gasteiger partial charge in [-0.25, -0.2) is 0 Å². The molecule has 0 aromatic carbocycles.